The third-order valence-electron chi connectivity index (χ3n) is 3.18. The Hall–Kier alpha value is -1.82. The van der Waals surface area contributed by atoms with Gasteiger partial charge in [0.05, 0.1) is 11.6 Å². The van der Waals surface area contributed by atoms with E-state index in [1.54, 1.807) is 19.0 Å². The minimum atomic E-state index is 0.0841. The minimum Gasteiger partial charge on any atom is -0.489 e. The second kappa shape index (κ2) is 6.30. The zero-order valence-electron chi connectivity index (χ0n) is 12.8. The molecule has 1 N–H and O–H groups in total. The van der Waals surface area contributed by atoms with Crippen molar-refractivity contribution in [1.29, 1.82) is 0 Å². The fourth-order valence-corrected chi connectivity index (χ4v) is 2.45. The lowest BCUT2D eigenvalue weighted by Gasteiger charge is -2.12. The molecule has 1 aromatic heterocycles. The normalized spacial score (nSPS) is 11.1. The molecule has 0 radical (unpaired) electrons. The van der Waals surface area contributed by atoms with Gasteiger partial charge in [-0.2, -0.15) is 0 Å². The standard InChI is InChI=1S/C15H21N3O2S/c1-10(2)20-12-7-5-6-11-14(12)16-15(21)18(11)9-8-13(19)17(3)4/h5-7,10H,8-9H2,1-4H3,(H,16,21). The summed E-state index contributed by atoms with van der Waals surface area (Å²) < 4.78 is 8.35. The summed E-state index contributed by atoms with van der Waals surface area (Å²) in [6, 6.07) is 5.84. The molecule has 0 aliphatic carbocycles. The number of hydrogen-bond donors (Lipinski definition) is 1. The molecular weight excluding hydrogens is 286 g/mol. The summed E-state index contributed by atoms with van der Waals surface area (Å²) in [5, 5.41) is 0. The molecule has 0 saturated carbocycles. The highest BCUT2D eigenvalue weighted by Gasteiger charge is 2.12. The number of aromatic amines is 1. The van der Waals surface area contributed by atoms with Crippen molar-refractivity contribution >= 4 is 29.2 Å². The van der Waals surface area contributed by atoms with Crippen molar-refractivity contribution in [3.63, 3.8) is 0 Å². The molecule has 0 atom stereocenters. The van der Waals surface area contributed by atoms with Crippen LogP contribution < -0.4 is 4.74 Å². The molecule has 5 nitrogen and oxygen atoms in total. The molecule has 0 unspecified atom stereocenters. The molecule has 0 aliphatic heterocycles. The quantitative estimate of drug-likeness (QED) is 0.864. The fourth-order valence-electron chi connectivity index (χ4n) is 2.16. The zero-order valence-corrected chi connectivity index (χ0v) is 13.7. The Morgan fingerprint density at radius 1 is 1.43 bits per heavy atom. The molecule has 21 heavy (non-hydrogen) atoms. The number of ether oxygens (including phenoxy) is 1. The molecule has 2 aromatic rings. The lowest BCUT2D eigenvalue weighted by Crippen LogP contribution is -2.22. The molecular formula is C15H21N3O2S. The SMILES string of the molecule is CC(C)Oc1cccc2c1[nH]c(=S)n2CCC(=O)N(C)C. The highest BCUT2D eigenvalue weighted by atomic mass is 32.1. The predicted molar refractivity (Wildman–Crippen MR) is 86.2 cm³/mol. The Kier molecular flexibility index (Phi) is 4.67. The molecule has 2 rings (SSSR count). The summed E-state index contributed by atoms with van der Waals surface area (Å²) >= 11 is 5.37. The topological polar surface area (TPSA) is 50.3 Å². The Labute approximate surface area is 129 Å². The van der Waals surface area contributed by atoms with Crippen LogP contribution >= 0.6 is 12.2 Å². The van der Waals surface area contributed by atoms with Gasteiger partial charge in [-0.25, -0.2) is 0 Å². The number of nitrogens with zero attached hydrogens (tertiary/aromatic N) is 2. The van der Waals surface area contributed by atoms with E-state index in [1.165, 1.54) is 0 Å². The number of aryl methyl sites for hydroxylation is 1. The first-order valence-corrected chi connectivity index (χ1v) is 7.39. The van der Waals surface area contributed by atoms with Crippen LogP contribution in [-0.4, -0.2) is 40.6 Å². The van der Waals surface area contributed by atoms with Crippen LogP contribution in [0.4, 0.5) is 0 Å². The molecule has 0 spiro atoms. The van der Waals surface area contributed by atoms with Gasteiger partial charge in [0.15, 0.2) is 4.77 Å². The average Bonchev–Trinajstić information content (AvgIpc) is 2.72. The second-order valence-electron chi connectivity index (χ2n) is 5.44. The van der Waals surface area contributed by atoms with Crippen molar-refractivity contribution in [3.8, 4) is 5.75 Å². The number of H-pyrrole nitrogens is 1. The van der Waals surface area contributed by atoms with E-state index in [1.807, 2.05) is 36.6 Å². The van der Waals surface area contributed by atoms with Crippen LogP contribution in [0.2, 0.25) is 0 Å². The molecule has 0 aliphatic rings. The number of imidazole rings is 1. The van der Waals surface area contributed by atoms with E-state index in [-0.39, 0.29) is 12.0 Å². The first-order valence-electron chi connectivity index (χ1n) is 6.98. The van der Waals surface area contributed by atoms with Crippen LogP contribution in [0.3, 0.4) is 0 Å². The van der Waals surface area contributed by atoms with Crippen molar-refractivity contribution in [2.75, 3.05) is 14.1 Å². The molecule has 0 saturated heterocycles. The number of para-hydroxylation sites is 1. The van der Waals surface area contributed by atoms with Gasteiger partial charge >= 0.3 is 0 Å². The van der Waals surface area contributed by atoms with Gasteiger partial charge in [0, 0.05) is 27.1 Å². The Morgan fingerprint density at radius 2 is 2.14 bits per heavy atom. The van der Waals surface area contributed by atoms with E-state index in [0.717, 1.165) is 16.8 Å². The van der Waals surface area contributed by atoms with Crippen molar-refractivity contribution < 1.29 is 9.53 Å². The molecule has 1 heterocycles. The summed E-state index contributed by atoms with van der Waals surface area (Å²) in [6.07, 6.45) is 0.514. The number of hydrogen-bond acceptors (Lipinski definition) is 3. The number of nitrogens with one attached hydrogen (secondary N) is 1. The number of fused-ring (bicyclic) bond motifs is 1. The first kappa shape index (κ1) is 15.6. The van der Waals surface area contributed by atoms with Gasteiger partial charge in [-0.3, -0.25) is 4.79 Å². The third kappa shape index (κ3) is 3.44. The highest BCUT2D eigenvalue weighted by molar-refractivity contribution is 7.71. The van der Waals surface area contributed by atoms with Crippen molar-refractivity contribution in [3.05, 3.63) is 23.0 Å². The summed E-state index contributed by atoms with van der Waals surface area (Å²) in [5.41, 5.74) is 1.85. The molecule has 1 amide bonds. The fraction of sp³-hybridized carbons (Fsp3) is 0.467. The Balaban J connectivity index is 2.35. The summed E-state index contributed by atoms with van der Waals surface area (Å²) in [6.45, 7) is 4.53. The average molecular weight is 307 g/mol. The number of benzene rings is 1. The van der Waals surface area contributed by atoms with Gasteiger partial charge in [-0.05, 0) is 38.2 Å². The Morgan fingerprint density at radius 3 is 2.76 bits per heavy atom. The van der Waals surface area contributed by atoms with Gasteiger partial charge in [-0.1, -0.05) is 6.07 Å². The number of rotatable bonds is 5. The van der Waals surface area contributed by atoms with Crippen molar-refractivity contribution in [2.45, 2.75) is 32.9 Å². The van der Waals surface area contributed by atoms with Crippen LogP contribution in [-0.2, 0) is 11.3 Å². The summed E-state index contributed by atoms with van der Waals surface area (Å²) in [7, 11) is 3.51. The zero-order chi connectivity index (χ0) is 15.6. The largest absolute Gasteiger partial charge is 0.489 e. The molecule has 6 heteroatoms. The maximum atomic E-state index is 11.7. The summed E-state index contributed by atoms with van der Waals surface area (Å²) in [4.78, 5) is 16.5. The Bertz CT molecular complexity index is 700. The maximum absolute atomic E-state index is 11.7. The number of amides is 1. The van der Waals surface area contributed by atoms with Crippen LogP contribution in [0.1, 0.15) is 20.3 Å². The lowest BCUT2D eigenvalue weighted by atomic mass is 10.2. The molecule has 1 aromatic carbocycles. The first-order chi connectivity index (χ1) is 9.90. The predicted octanol–water partition coefficient (Wildman–Crippen LogP) is 2.96. The van der Waals surface area contributed by atoms with Crippen molar-refractivity contribution in [2.24, 2.45) is 0 Å². The minimum absolute atomic E-state index is 0.0841. The monoisotopic (exact) mass is 307 g/mol. The maximum Gasteiger partial charge on any atom is 0.223 e. The highest BCUT2D eigenvalue weighted by Crippen LogP contribution is 2.26. The van der Waals surface area contributed by atoms with Crippen LogP contribution in [0.25, 0.3) is 11.0 Å². The van der Waals surface area contributed by atoms with E-state index in [9.17, 15) is 4.79 Å². The van der Waals surface area contributed by atoms with E-state index in [2.05, 4.69) is 4.98 Å². The van der Waals surface area contributed by atoms with Gasteiger partial charge in [0.1, 0.15) is 11.3 Å². The van der Waals surface area contributed by atoms with E-state index < -0.39 is 0 Å². The van der Waals surface area contributed by atoms with E-state index in [0.29, 0.717) is 17.7 Å². The van der Waals surface area contributed by atoms with Gasteiger partial charge in [0.2, 0.25) is 5.91 Å². The van der Waals surface area contributed by atoms with E-state index in [4.69, 9.17) is 17.0 Å². The number of carbonyl (C=O) groups excluding carboxylic acids is 1. The lowest BCUT2D eigenvalue weighted by molar-refractivity contribution is -0.128. The van der Waals surface area contributed by atoms with Crippen LogP contribution in [0.15, 0.2) is 18.2 Å². The number of carbonyl (C=O) groups is 1. The van der Waals surface area contributed by atoms with Crippen molar-refractivity contribution in [1.82, 2.24) is 14.5 Å². The van der Waals surface area contributed by atoms with Gasteiger partial charge < -0.3 is 19.2 Å². The third-order valence-corrected chi connectivity index (χ3v) is 3.51. The van der Waals surface area contributed by atoms with E-state index >= 15 is 0 Å². The van der Waals surface area contributed by atoms with Crippen LogP contribution in [0.5, 0.6) is 5.75 Å². The number of aromatic nitrogens is 2. The van der Waals surface area contributed by atoms with Crippen LogP contribution in [0, 0.1) is 4.77 Å². The van der Waals surface area contributed by atoms with Gasteiger partial charge in [-0.15, -0.1) is 0 Å². The molecule has 114 valence electrons. The molecule has 0 bridgehead atoms. The second-order valence-corrected chi connectivity index (χ2v) is 5.82. The molecule has 0 fully saturated rings. The van der Waals surface area contributed by atoms with Gasteiger partial charge in [0.25, 0.3) is 0 Å². The smallest absolute Gasteiger partial charge is 0.223 e. The summed E-state index contributed by atoms with van der Waals surface area (Å²) in [5.74, 6) is 0.868.